The second-order valence-corrected chi connectivity index (χ2v) is 6.85. The SMILES string of the molecule is C=CCN1CCN(c2ccc(N3C[C@H](CN(N)C(=S)OC)OC3=O)cc2F)C=N1. The van der Waals surface area contributed by atoms with Gasteiger partial charge in [0.1, 0.15) is 18.3 Å². The molecule has 2 aliphatic rings. The Bertz CT molecular complexity index is 823. The molecule has 0 saturated carbocycles. The first-order valence-electron chi connectivity index (χ1n) is 8.97. The van der Waals surface area contributed by atoms with Gasteiger partial charge in [0.05, 0.1) is 44.7 Å². The molecule has 1 atom stereocenters. The summed E-state index contributed by atoms with van der Waals surface area (Å²) in [6.07, 6.45) is 2.25. The van der Waals surface area contributed by atoms with Crippen LogP contribution in [-0.2, 0) is 9.47 Å². The van der Waals surface area contributed by atoms with Gasteiger partial charge >= 0.3 is 6.09 Å². The summed E-state index contributed by atoms with van der Waals surface area (Å²) in [6, 6.07) is 4.60. The number of nitrogens with two attached hydrogens (primary N) is 1. The largest absolute Gasteiger partial charge is 0.473 e. The molecule has 0 radical (unpaired) electrons. The van der Waals surface area contributed by atoms with Gasteiger partial charge in [-0.2, -0.15) is 5.10 Å². The normalized spacial score (nSPS) is 18.7. The van der Waals surface area contributed by atoms with Crippen molar-refractivity contribution in [1.29, 1.82) is 0 Å². The average Bonchev–Trinajstić information content (AvgIpc) is 3.08. The van der Waals surface area contributed by atoms with Crippen LogP contribution in [0.1, 0.15) is 0 Å². The molecule has 1 fully saturated rings. The van der Waals surface area contributed by atoms with Crippen molar-refractivity contribution >= 4 is 41.2 Å². The number of benzene rings is 1. The van der Waals surface area contributed by atoms with Crippen molar-refractivity contribution < 1.29 is 18.7 Å². The highest BCUT2D eigenvalue weighted by molar-refractivity contribution is 7.79. The molecule has 2 heterocycles. The van der Waals surface area contributed by atoms with E-state index in [2.05, 4.69) is 11.7 Å². The minimum atomic E-state index is -0.571. The lowest BCUT2D eigenvalue weighted by Crippen LogP contribution is -2.43. The third kappa shape index (κ3) is 4.74. The predicted molar refractivity (Wildman–Crippen MR) is 112 cm³/mol. The van der Waals surface area contributed by atoms with Crippen molar-refractivity contribution in [3.8, 4) is 0 Å². The summed E-state index contributed by atoms with van der Waals surface area (Å²) in [6.45, 7) is 5.95. The van der Waals surface area contributed by atoms with Gasteiger partial charge in [-0.05, 0) is 30.4 Å². The number of ether oxygens (including phenoxy) is 2. The van der Waals surface area contributed by atoms with Crippen LogP contribution in [0.25, 0.3) is 0 Å². The number of hydrogen-bond donors (Lipinski definition) is 1. The van der Waals surface area contributed by atoms with E-state index >= 15 is 0 Å². The highest BCUT2D eigenvalue weighted by atomic mass is 32.1. The maximum atomic E-state index is 14.7. The van der Waals surface area contributed by atoms with E-state index in [0.29, 0.717) is 31.0 Å². The number of nitrogens with zero attached hydrogens (tertiary/aromatic N) is 5. The van der Waals surface area contributed by atoms with Crippen LogP contribution in [0, 0.1) is 5.82 Å². The van der Waals surface area contributed by atoms with Gasteiger partial charge in [0.2, 0.25) is 0 Å². The van der Waals surface area contributed by atoms with E-state index < -0.39 is 18.0 Å². The summed E-state index contributed by atoms with van der Waals surface area (Å²) in [5, 5.41) is 7.38. The Morgan fingerprint density at radius 3 is 2.97 bits per heavy atom. The van der Waals surface area contributed by atoms with E-state index in [9.17, 15) is 9.18 Å². The Morgan fingerprint density at radius 2 is 2.34 bits per heavy atom. The maximum Gasteiger partial charge on any atom is 0.414 e. The van der Waals surface area contributed by atoms with Crippen molar-refractivity contribution in [2.24, 2.45) is 10.9 Å². The second kappa shape index (κ2) is 9.05. The van der Waals surface area contributed by atoms with Crippen LogP contribution >= 0.6 is 12.2 Å². The van der Waals surface area contributed by atoms with Crippen LogP contribution in [0.3, 0.4) is 0 Å². The molecule has 1 aromatic rings. The minimum Gasteiger partial charge on any atom is -0.473 e. The molecule has 0 aromatic heterocycles. The second-order valence-electron chi connectivity index (χ2n) is 6.50. The van der Waals surface area contributed by atoms with Gasteiger partial charge in [-0.3, -0.25) is 14.9 Å². The Kier molecular flexibility index (Phi) is 6.49. The lowest BCUT2D eigenvalue weighted by molar-refractivity contribution is 0.121. The molecule has 156 valence electrons. The van der Waals surface area contributed by atoms with Crippen molar-refractivity contribution in [3.63, 3.8) is 0 Å². The summed E-state index contributed by atoms with van der Waals surface area (Å²) in [4.78, 5) is 15.3. The Labute approximate surface area is 173 Å². The van der Waals surface area contributed by atoms with Gasteiger partial charge < -0.3 is 14.4 Å². The Balaban J connectivity index is 1.67. The summed E-state index contributed by atoms with van der Waals surface area (Å²) in [5.41, 5.74) is 0.789. The molecule has 0 unspecified atom stereocenters. The average molecular weight is 422 g/mol. The van der Waals surface area contributed by atoms with Crippen LogP contribution in [0.4, 0.5) is 20.6 Å². The lowest BCUT2D eigenvalue weighted by atomic mass is 10.2. The van der Waals surface area contributed by atoms with E-state index in [0.717, 1.165) is 0 Å². The zero-order valence-electron chi connectivity index (χ0n) is 16.0. The Morgan fingerprint density at radius 1 is 1.55 bits per heavy atom. The third-order valence-corrected chi connectivity index (χ3v) is 4.93. The van der Waals surface area contributed by atoms with Gasteiger partial charge in [-0.25, -0.2) is 15.0 Å². The van der Waals surface area contributed by atoms with Crippen molar-refractivity contribution in [3.05, 3.63) is 36.7 Å². The van der Waals surface area contributed by atoms with Gasteiger partial charge in [0, 0.05) is 6.54 Å². The number of methoxy groups -OCH3 is 1. The smallest absolute Gasteiger partial charge is 0.414 e. The number of cyclic esters (lactones) is 1. The number of thiocarbonyl (C=S) groups is 1. The number of rotatable bonds is 6. The molecule has 0 spiro atoms. The quantitative estimate of drug-likeness (QED) is 0.320. The zero-order valence-corrected chi connectivity index (χ0v) is 16.8. The highest BCUT2D eigenvalue weighted by Crippen LogP contribution is 2.28. The number of amides is 1. The molecular weight excluding hydrogens is 399 g/mol. The monoisotopic (exact) mass is 422 g/mol. The number of anilines is 2. The van der Waals surface area contributed by atoms with E-state index in [-0.39, 0.29) is 18.3 Å². The molecule has 1 amide bonds. The van der Waals surface area contributed by atoms with Gasteiger partial charge in [0.25, 0.3) is 5.17 Å². The van der Waals surface area contributed by atoms with E-state index in [1.165, 1.54) is 23.1 Å². The van der Waals surface area contributed by atoms with Crippen molar-refractivity contribution in [2.75, 3.05) is 49.6 Å². The molecular formula is C18H23FN6O3S. The number of hydrogen-bond acceptors (Lipinski definition) is 8. The number of carbonyl (C=O) groups excluding carboxylic acids is 1. The van der Waals surface area contributed by atoms with E-state index in [1.807, 2.05) is 5.01 Å². The molecule has 1 saturated heterocycles. The van der Waals surface area contributed by atoms with Crippen molar-refractivity contribution in [1.82, 2.24) is 10.0 Å². The Hall–Kier alpha value is -2.92. The standard InChI is InChI=1S/C18H23FN6O3S/c1-3-6-23-8-7-22(12-21-23)16-5-4-13(9-15(16)19)24-10-14(28-17(24)26)11-25(20)18(29)27-2/h3-5,9,12,14H,1,6-8,10-11,20H2,2H3/t14-/m1/s1. The molecule has 11 heteroatoms. The molecule has 2 N–H and O–H groups in total. The zero-order chi connectivity index (χ0) is 21.0. The van der Waals surface area contributed by atoms with E-state index in [1.54, 1.807) is 29.4 Å². The molecule has 0 aliphatic carbocycles. The van der Waals surface area contributed by atoms with Crippen LogP contribution in [0.2, 0.25) is 0 Å². The van der Waals surface area contributed by atoms with Crippen molar-refractivity contribution in [2.45, 2.75) is 6.10 Å². The summed E-state index contributed by atoms with van der Waals surface area (Å²) in [7, 11) is 1.41. The van der Waals surface area contributed by atoms with Gasteiger partial charge in [0.15, 0.2) is 0 Å². The number of halogens is 1. The lowest BCUT2D eigenvalue weighted by Gasteiger charge is -2.29. The van der Waals surface area contributed by atoms with Gasteiger partial charge in [-0.1, -0.05) is 6.08 Å². The number of carbonyl (C=O) groups is 1. The fourth-order valence-electron chi connectivity index (χ4n) is 3.08. The van der Waals surface area contributed by atoms with Crippen LogP contribution < -0.4 is 15.6 Å². The first-order chi connectivity index (χ1) is 13.9. The minimum absolute atomic E-state index is 0.0877. The van der Waals surface area contributed by atoms with Gasteiger partial charge in [-0.15, -0.1) is 6.58 Å². The first kappa shape index (κ1) is 20.8. The molecule has 1 aromatic carbocycles. The summed E-state index contributed by atoms with van der Waals surface area (Å²) in [5.74, 6) is 5.31. The molecule has 29 heavy (non-hydrogen) atoms. The van der Waals surface area contributed by atoms with Crippen LogP contribution in [-0.4, -0.2) is 73.6 Å². The highest BCUT2D eigenvalue weighted by Gasteiger charge is 2.34. The van der Waals surface area contributed by atoms with E-state index in [4.69, 9.17) is 27.5 Å². The topological polar surface area (TPSA) is 86.9 Å². The summed E-state index contributed by atoms with van der Waals surface area (Å²) < 4.78 is 24.9. The number of hydrazine groups is 1. The molecule has 0 bridgehead atoms. The molecule has 9 nitrogen and oxygen atoms in total. The number of hydrazone groups is 1. The third-order valence-electron chi connectivity index (χ3n) is 4.53. The van der Waals surface area contributed by atoms with Crippen LogP contribution in [0.5, 0.6) is 0 Å². The summed E-state index contributed by atoms with van der Waals surface area (Å²) >= 11 is 4.93. The molecule has 2 aliphatic heterocycles. The first-order valence-corrected chi connectivity index (χ1v) is 9.38. The fourth-order valence-corrected chi connectivity index (χ4v) is 3.15. The van der Waals surface area contributed by atoms with Crippen LogP contribution in [0.15, 0.2) is 36.0 Å². The predicted octanol–water partition coefficient (Wildman–Crippen LogP) is 1.51. The molecule has 3 rings (SSSR count). The maximum absolute atomic E-state index is 14.7. The fraction of sp³-hybridized carbons (Fsp3) is 0.389.